The molecule has 2 aliphatic rings. The van der Waals surface area contributed by atoms with Crippen molar-refractivity contribution in [2.24, 2.45) is 7.05 Å². The van der Waals surface area contributed by atoms with Gasteiger partial charge in [-0.05, 0) is 25.5 Å². The van der Waals surface area contributed by atoms with Gasteiger partial charge in [-0.3, -0.25) is 14.9 Å². The summed E-state index contributed by atoms with van der Waals surface area (Å²) in [4.78, 5) is 37.2. The molecule has 1 unspecified atom stereocenters. The fraction of sp³-hybridized carbons (Fsp3) is 0.462. The highest BCUT2D eigenvalue weighted by Crippen LogP contribution is 2.26. The molecule has 3 heterocycles. The van der Waals surface area contributed by atoms with E-state index in [4.69, 9.17) is 0 Å². The summed E-state index contributed by atoms with van der Waals surface area (Å²) in [5.41, 5.74) is 0.630. The Morgan fingerprint density at radius 2 is 2.10 bits per heavy atom. The quantitative estimate of drug-likeness (QED) is 0.694. The molecule has 1 spiro atoms. The number of hydrogen-bond acceptors (Lipinski definition) is 3. The van der Waals surface area contributed by atoms with Gasteiger partial charge in [-0.25, -0.2) is 4.79 Å². The number of likely N-dealkylation sites (tertiary alicyclic amines) is 1. The van der Waals surface area contributed by atoms with Gasteiger partial charge in [-0.2, -0.15) is 0 Å². The second-order valence-electron chi connectivity index (χ2n) is 5.39. The Hall–Kier alpha value is -2.31. The largest absolute Gasteiger partial charge is 0.344 e. The van der Waals surface area contributed by atoms with E-state index in [1.54, 1.807) is 11.0 Å². The number of urea groups is 1. The smallest absolute Gasteiger partial charge is 0.322 e. The molecular formula is C13H16N4O3. The molecule has 1 aromatic rings. The minimum absolute atomic E-state index is 0.119. The third kappa shape index (κ3) is 1.70. The minimum Gasteiger partial charge on any atom is -0.344 e. The first-order chi connectivity index (χ1) is 9.43. The van der Waals surface area contributed by atoms with Gasteiger partial charge in [0, 0.05) is 19.3 Å². The van der Waals surface area contributed by atoms with Crippen LogP contribution in [-0.4, -0.2) is 45.9 Å². The van der Waals surface area contributed by atoms with Gasteiger partial charge < -0.3 is 14.8 Å². The fourth-order valence-corrected chi connectivity index (χ4v) is 2.79. The number of rotatable bonds is 1. The van der Waals surface area contributed by atoms with Crippen molar-refractivity contribution in [1.29, 1.82) is 0 Å². The third-order valence-electron chi connectivity index (χ3n) is 4.16. The van der Waals surface area contributed by atoms with E-state index in [2.05, 4.69) is 10.6 Å². The SMILES string of the molecule is Cc1ccc(C(=O)N2CCC3(C2)NC(=O)NC3=O)n1C. The summed E-state index contributed by atoms with van der Waals surface area (Å²) in [5.74, 6) is -0.465. The summed E-state index contributed by atoms with van der Waals surface area (Å²) in [5, 5.41) is 4.87. The number of nitrogens with zero attached hydrogens (tertiary/aromatic N) is 2. The molecule has 0 aliphatic carbocycles. The van der Waals surface area contributed by atoms with Gasteiger partial charge in [0.25, 0.3) is 11.8 Å². The number of hydrogen-bond donors (Lipinski definition) is 2. The number of carbonyl (C=O) groups excluding carboxylic acids is 3. The van der Waals surface area contributed by atoms with E-state index < -0.39 is 11.6 Å². The molecule has 106 valence electrons. The molecule has 7 nitrogen and oxygen atoms in total. The lowest BCUT2D eigenvalue weighted by molar-refractivity contribution is -0.123. The van der Waals surface area contributed by atoms with Crippen LogP contribution in [0.2, 0.25) is 0 Å². The van der Waals surface area contributed by atoms with Crippen LogP contribution in [0.5, 0.6) is 0 Å². The van der Waals surface area contributed by atoms with E-state index in [1.165, 1.54) is 0 Å². The van der Waals surface area contributed by atoms with Crippen molar-refractivity contribution >= 4 is 17.8 Å². The van der Waals surface area contributed by atoms with Gasteiger partial charge in [0.15, 0.2) is 0 Å². The zero-order chi connectivity index (χ0) is 14.5. The molecule has 0 aromatic carbocycles. The number of carbonyl (C=O) groups is 3. The Bertz CT molecular complexity index is 621. The summed E-state index contributed by atoms with van der Waals surface area (Å²) in [6.45, 7) is 2.59. The van der Waals surface area contributed by atoms with Crippen molar-refractivity contribution in [2.45, 2.75) is 18.9 Å². The van der Waals surface area contributed by atoms with Crippen LogP contribution in [0, 0.1) is 6.92 Å². The molecule has 2 N–H and O–H groups in total. The second kappa shape index (κ2) is 4.09. The fourth-order valence-electron chi connectivity index (χ4n) is 2.79. The van der Waals surface area contributed by atoms with Crippen LogP contribution >= 0.6 is 0 Å². The van der Waals surface area contributed by atoms with Crippen LogP contribution in [0.3, 0.4) is 0 Å². The van der Waals surface area contributed by atoms with E-state index in [0.717, 1.165) is 5.69 Å². The highest BCUT2D eigenvalue weighted by molar-refractivity contribution is 6.08. The Morgan fingerprint density at radius 1 is 1.35 bits per heavy atom. The minimum atomic E-state index is -0.951. The van der Waals surface area contributed by atoms with E-state index >= 15 is 0 Å². The predicted molar refractivity (Wildman–Crippen MR) is 70.1 cm³/mol. The zero-order valence-corrected chi connectivity index (χ0v) is 11.4. The molecule has 0 radical (unpaired) electrons. The van der Waals surface area contributed by atoms with Crippen LogP contribution in [0.1, 0.15) is 22.6 Å². The molecule has 0 bridgehead atoms. The first-order valence-electron chi connectivity index (χ1n) is 6.48. The van der Waals surface area contributed by atoms with Crippen molar-refractivity contribution in [3.05, 3.63) is 23.5 Å². The summed E-state index contributed by atoms with van der Waals surface area (Å²) in [7, 11) is 1.83. The van der Waals surface area contributed by atoms with Crippen molar-refractivity contribution < 1.29 is 14.4 Å². The lowest BCUT2D eigenvalue weighted by Gasteiger charge is -2.21. The first kappa shape index (κ1) is 12.7. The van der Waals surface area contributed by atoms with E-state index in [-0.39, 0.29) is 18.4 Å². The number of aryl methyl sites for hydroxylation is 1. The molecule has 20 heavy (non-hydrogen) atoms. The Morgan fingerprint density at radius 3 is 2.65 bits per heavy atom. The topological polar surface area (TPSA) is 83.4 Å². The average Bonchev–Trinajstić information content (AvgIpc) is 3.03. The standard InChI is InChI=1S/C13H16N4O3/c1-8-3-4-9(16(8)2)10(18)17-6-5-13(7-17)11(19)14-12(20)15-13/h3-4H,5-7H2,1-2H3,(H2,14,15,19,20). The molecule has 1 aromatic heterocycles. The first-order valence-corrected chi connectivity index (χ1v) is 6.48. The monoisotopic (exact) mass is 276 g/mol. The van der Waals surface area contributed by atoms with Crippen molar-refractivity contribution in [3.8, 4) is 0 Å². The summed E-state index contributed by atoms with van der Waals surface area (Å²) in [6, 6.07) is 3.16. The molecule has 3 rings (SSSR count). The van der Waals surface area contributed by atoms with Crippen LogP contribution in [0.15, 0.2) is 12.1 Å². The van der Waals surface area contributed by atoms with Crippen LogP contribution in [0.25, 0.3) is 0 Å². The number of imide groups is 1. The third-order valence-corrected chi connectivity index (χ3v) is 4.16. The Balaban J connectivity index is 1.81. The highest BCUT2D eigenvalue weighted by Gasteiger charge is 2.51. The number of aromatic nitrogens is 1. The van der Waals surface area contributed by atoms with Crippen LogP contribution in [-0.2, 0) is 11.8 Å². The normalized spacial score (nSPS) is 25.2. The number of amides is 4. The van der Waals surface area contributed by atoms with Crippen molar-refractivity contribution in [3.63, 3.8) is 0 Å². The molecular weight excluding hydrogens is 260 g/mol. The summed E-state index contributed by atoms with van der Waals surface area (Å²) in [6.07, 6.45) is 0.444. The van der Waals surface area contributed by atoms with Gasteiger partial charge >= 0.3 is 6.03 Å². The van der Waals surface area contributed by atoms with E-state index in [9.17, 15) is 14.4 Å². The van der Waals surface area contributed by atoms with Crippen molar-refractivity contribution in [1.82, 2.24) is 20.1 Å². The second-order valence-corrected chi connectivity index (χ2v) is 5.39. The maximum absolute atomic E-state index is 12.5. The van der Waals surface area contributed by atoms with E-state index in [0.29, 0.717) is 18.7 Å². The Kier molecular flexibility index (Phi) is 2.60. The van der Waals surface area contributed by atoms with Crippen LogP contribution in [0.4, 0.5) is 4.79 Å². The molecule has 2 saturated heterocycles. The molecule has 7 heteroatoms. The lowest BCUT2D eigenvalue weighted by Crippen LogP contribution is -2.49. The maximum atomic E-state index is 12.5. The van der Waals surface area contributed by atoms with Gasteiger partial charge in [-0.1, -0.05) is 0 Å². The van der Waals surface area contributed by atoms with Gasteiger partial charge in [0.05, 0.1) is 6.54 Å². The molecule has 2 fully saturated rings. The number of nitrogens with one attached hydrogen (secondary N) is 2. The lowest BCUT2D eigenvalue weighted by atomic mass is 10.00. The highest BCUT2D eigenvalue weighted by atomic mass is 16.2. The van der Waals surface area contributed by atoms with Gasteiger partial charge in [-0.15, -0.1) is 0 Å². The Labute approximate surface area is 115 Å². The van der Waals surface area contributed by atoms with Crippen LogP contribution < -0.4 is 10.6 Å². The molecule has 2 aliphatic heterocycles. The molecule has 0 saturated carbocycles. The summed E-state index contributed by atoms with van der Waals surface area (Å²) < 4.78 is 1.82. The zero-order valence-electron chi connectivity index (χ0n) is 11.4. The molecule has 4 amide bonds. The predicted octanol–water partition coefficient (Wildman–Crippen LogP) is -0.242. The van der Waals surface area contributed by atoms with E-state index in [1.807, 2.05) is 24.6 Å². The van der Waals surface area contributed by atoms with Crippen molar-refractivity contribution in [2.75, 3.05) is 13.1 Å². The van der Waals surface area contributed by atoms with Gasteiger partial charge in [0.1, 0.15) is 11.2 Å². The average molecular weight is 276 g/mol. The molecule has 1 atom stereocenters. The summed E-state index contributed by atoms with van der Waals surface area (Å²) >= 11 is 0. The van der Waals surface area contributed by atoms with Gasteiger partial charge in [0.2, 0.25) is 0 Å². The maximum Gasteiger partial charge on any atom is 0.322 e.